The van der Waals surface area contributed by atoms with Gasteiger partial charge in [0.2, 0.25) is 5.88 Å². The molecule has 4 heteroatoms. The highest BCUT2D eigenvalue weighted by atomic mass is 16.5. The van der Waals surface area contributed by atoms with Crippen LogP contribution in [0.2, 0.25) is 0 Å². The van der Waals surface area contributed by atoms with Gasteiger partial charge in [0.15, 0.2) is 0 Å². The highest BCUT2D eigenvalue weighted by Crippen LogP contribution is 2.29. The van der Waals surface area contributed by atoms with E-state index < -0.39 is 0 Å². The number of nitrogens with two attached hydrogens (primary N) is 1. The van der Waals surface area contributed by atoms with Gasteiger partial charge in [0.1, 0.15) is 11.6 Å². The van der Waals surface area contributed by atoms with Crippen molar-refractivity contribution in [1.82, 2.24) is 4.98 Å². The maximum absolute atomic E-state index is 5.86. The van der Waals surface area contributed by atoms with Crippen LogP contribution in [0.5, 0.6) is 11.6 Å². The number of hydrazine groups is 1. The number of aryl methyl sites for hydroxylation is 2. The summed E-state index contributed by atoms with van der Waals surface area (Å²) in [5.74, 6) is 7.29. The van der Waals surface area contributed by atoms with Crippen LogP contribution in [0.15, 0.2) is 30.3 Å². The van der Waals surface area contributed by atoms with Gasteiger partial charge in [-0.15, -0.1) is 0 Å². The zero-order chi connectivity index (χ0) is 13.1. The predicted octanol–water partition coefficient (Wildman–Crippen LogP) is 3.08. The molecule has 4 nitrogen and oxygen atoms in total. The Hall–Kier alpha value is -2.07. The van der Waals surface area contributed by atoms with E-state index >= 15 is 0 Å². The summed E-state index contributed by atoms with van der Waals surface area (Å²) in [4.78, 5) is 4.24. The van der Waals surface area contributed by atoms with E-state index in [-0.39, 0.29) is 0 Å². The lowest BCUT2D eigenvalue weighted by molar-refractivity contribution is 0.456. The van der Waals surface area contributed by atoms with Crippen LogP contribution in [0, 0.1) is 20.8 Å². The van der Waals surface area contributed by atoms with Gasteiger partial charge in [0.05, 0.1) is 0 Å². The zero-order valence-corrected chi connectivity index (χ0v) is 10.8. The molecule has 0 bridgehead atoms. The van der Waals surface area contributed by atoms with Crippen molar-refractivity contribution in [3.8, 4) is 11.6 Å². The number of aromatic nitrogens is 1. The largest absolute Gasteiger partial charge is 0.438 e. The molecular formula is C14H17N3O. The van der Waals surface area contributed by atoms with Crippen molar-refractivity contribution in [2.45, 2.75) is 20.8 Å². The van der Waals surface area contributed by atoms with Gasteiger partial charge in [0.25, 0.3) is 0 Å². The Bertz CT molecular complexity index is 567. The van der Waals surface area contributed by atoms with Crippen molar-refractivity contribution in [2.24, 2.45) is 5.84 Å². The number of nitrogens with zero attached hydrogens (tertiary/aromatic N) is 1. The lowest BCUT2D eigenvalue weighted by Crippen LogP contribution is -2.08. The number of pyridine rings is 1. The molecule has 0 aliphatic heterocycles. The van der Waals surface area contributed by atoms with Crippen LogP contribution in [0.3, 0.4) is 0 Å². The Labute approximate surface area is 107 Å². The van der Waals surface area contributed by atoms with Crippen molar-refractivity contribution in [3.05, 3.63) is 47.0 Å². The molecule has 1 aromatic heterocycles. The molecule has 0 unspecified atom stereocenters. The van der Waals surface area contributed by atoms with Crippen molar-refractivity contribution in [2.75, 3.05) is 5.43 Å². The molecule has 0 atom stereocenters. The number of benzene rings is 1. The molecule has 2 rings (SSSR count). The van der Waals surface area contributed by atoms with E-state index in [0.717, 1.165) is 16.9 Å². The first-order valence-corrected chi connectivity index (χ1v) is 5.80. The third-order valence-electron chi connectivity index (χ3n) is 2.95. The topological polar surface area (TPSA) is 60.2 Å². The van der Waals surface area contributed by atoms with Gasteiger partial charge in [-0.2, -0.15) is 4.98 Å². The second kappa shape index (κ2) is 5.06. The fourth-order valence-electron chi connectivity index (χ4n) is 1.74. The third kappa shape index (κ3) is 2.43. The first kappa shape index (κ1) is 12.4. The molecule has 0 amide bonds. The molecule has 18 heavy (non-hydrogen) atoms. The molecule has 0 saturated heterocycles. The first-order chi connectivity index (χ1) is 8.61. The second-order valence-electron chi connectivity index (χ2n) is 4.26. The quantitative estimate of drug-likeness (QED) is 0.642. The number of anilines is 1. The van der Waals surface area contributed by atoms with E-state index in [4.69, 9.17) is 10.6 Å². The molecule has 0 spiro atoms. The third-order valence-corrected chi connectivity index (χ3v) is 2.95. The number of nitrogens with one attached hydrogen (secondary N) is 1. The highest BCUT2D eigenvalue weighted by molar-refractivity contribution is 5.47. The molecule has 3 N–H and O–H groups in total. The molecule has 0 aliphatic carbocycles. The average Bonchev–Trinajstić information content (AvgIpc) is 2.39. The summed E-state index contributed by atoms with van der Waals surface area (Å²) in [5.41, 5.74) is 5.92. The molecule has 0 aliphatic rings. The number of ether oxygens (including phenoxy) is 1. The first-order valence-electron chi connectivity index (χ1n) is 5.80. The minimum atomic E-state index is 0.530. The summed E-state index contributed by atoms with van der Waals surface area (Å²) in [6.07, 6.45) is 0. The molecule has 2 aromatic rings. The van der Waals surface area contributed by atoms with E-state index in [1.807, 2.05) is 32.0 Å². The van der Waals surface area contributed by atoms with Crippen LogP contribution >= 0.6 is 0 Å². The number of hydrogen-bond acceptors (Lipinski definition) is 4. The van der Waals surface area contributed by atoms with Gasteiger partial charge >= 0.3 is 0 Å². The van der Waals surface area contributed by atoms with Crippen LogP contribution in [-0.2, 0) is 0 Å². The van der Waals surface area contributed by atoms with E-state index in [1.165, 1.54) is 5.56 Å². The summed E-state index contributed by atoms with van der Waals surface area (Å²) in [6.45, 7) is 6.13. The molecule has 1 heterocycles. The molecule has 0 fully saturated rings. The summed E-state index contributed by atoms with van der Waals surface area (Å²) >= 11 is 0. The Morgan fingerprint density at radius 1 is 1.06 bits per heavy atom. The fourth-order valence-corrected chi connectivity index (χ4v) is 1.74. The number of nitrogen functional groups attached to an aromatic ring is 1. The standard InChI is InChI=1S/C14H17N3O/c1-9-7-8-10(2)14(11(9)3)18-13-6-4-5-12(16-13)17-15/h4-8H,15H2,1-3H3,(H,16,17). The zero-order valence-electron chi connectivity index (χ0n) is 10.8. The van der Waals surface area contributed by atoms with Gasteiger partial charge in [-0.25, -0.2) is 5.84 Å². The molecule has 94 valence electrons. The fraction of sp³-hybridized carbons (Fsp3) is 0.214. The Kier molecular flexibility index (Phi) is 3.48. The smallest absolute Gasteiger partial charge is 0.221 e. The van der Waals surface area contributed by atoms with Gasteiger partial charge in [-0.05, 0) is 43.5 Å². The second-order valence-corrected chi connectivity index (χ2v) is 4.26. The van der Waals surface area contributed by atoms with Crippen LogP contribution in [0.4, 0.5) is 5.82 Å². The maximum atomic E-state index is 5.86. The summed E-state index contributed by atoms with van der Waals surface area (Å²) in [6, 6.07) is 9.56. The van der Waals surface area contributed by atoms with Crippen molar-refractivity contribution >= 4 is 5.82 Å². The lowest BCUT2D eigenvalue weighted by Gasteiger charge is -2.13. The normalized spacial score (nSPS) is 10.2. The van der Waals surface area contributed by atoms with Crippen LogP contribution < -0.4 is 16.0 Å². The molecule has 0 radical (unpaired) electrons. The summed E-state index contributed by atoms with van der Waals surface area (Å²) in [5, 5.41) is 0. The monoisotopic (exact) mass is 243 g/mol. The van der Waals surface area contributed by atoms with Gasteiger partial charge in [-0.3, -0.25) is 0 Å². The minimum absolute atomic E-state index is 0.530. The Morgan fingerprint density at radius 2 is 1.78 bits per heavy atom. The Balaban J connectivity index is 2.36. The lowest BCUT2D eigenvalue weighted by atomic mass is 10.1. The van der Waals surface area contributed by atoms with Crippen molar-refractivity contribution in [1.29, 1.82) is 0 Å². The minimum Gasteiger partial charge on any atom is -0.438 e. The van der Waals surface area contributed by atoms with Gasteiger partial charge in [-0.1, -0.05) is 18.2 Å². The predicted molar refractivity (Wildman–Crippen MR) is 72.8 cm³/mol. The maximum Gasteiger partial charge on any atom is 0.221 e. The van der Waals surface area contributed by atoms with Gasteiger partial charge < -0.3 is 10.2 Å². The SMILES string of the molecule is Cc1ccc(C)c(Oc2cccc(NN)n2)c1C. The molecular weight excluding hydrogens is 226 g/mol. The van der Waals surface area contributed by atoms with E-state index in [1.54, 1.807) is 6.07 Å². The number of rotatable bonds is 3. The van der Waals surface area contributed by atoms with Crippen LogP contribution in [0.25, 0.3) is 0 Å². The van der Waals surface area contributed by atoms with Gasteiger partial charge in [0, 0.05) is 6.07 Å². The summed E-state index contributed by atoms with van der Waals surface area (Å²) < 4.78 is 5.86. The highest BCUT2D eigenvalue weighted by Gasteiger charge is 2.08. The van der Waals surface area contributed by atoms with Crippen molar-refractivity contribution < 1.29 is 4.74 Å². The van der Waals surface area contributed by atoms with E-state index in [0.29, 0.717) is 11.7 Å². The number of hydrogen-bond donors (Lipinski definition) is 2. The average molecular weight is 243 g/mol. The van der Waals surface area contributed by atoms with E-state index in [9.17, 15) is 0 Å². The Morgan fingerprint density at radius 3 is 2.50 bits per heavy atom. The van der Waals surface area contributed by atoms with E-state index in [2.05, 4.69) is 23.4 Å². The van der Waals surface area contributed by atoms with Crippen LogP contribution in [-0.4, -0.2) is 4.98 Å². The van der Waals surface area contributed by atoms with Crippen LogP contribution in [0.1, 0.15) is 16.7 Å². The summed E-state index contributed by atoms with van der Waals surface area (Å²) in [7, 11) is 0. The van der Waals surface area contributed by atoms with Crippen molar-refractivity contribution in [3.63, 3.8) is 0 Å². The molecule has 1 aromatic carbocycles. The molecule has 0 saturated carbocycles.